The monoisotopic (exact) mass is 1500 g/mol. The minimum atomic E-state index is -4.90. The maximum absolute atomic E-state index is 14.0. The van der Waals surface area contributed by atoms with E-state index >= 15 is 0 Å². The standard InChI is InChI=1S/C28H20F6N2O3.C28H23F3N2O4.C28H28O4.CH4/c1-13-14(12-39-17-5-6-19-15(9-17)10-20-22(19)23(20)26(37)38)3-2-4-18(13)24-25(28(32,33)34)35-21-11-16(27(29,30)31)7-8-36(21)24;1-14-15(13-37-18-6-7-20-16(10-18)11-21-23(20)24(21)27(34)35)4-3-5-19(14)25-26(28(29,30)31)32-22-12-17(36-2)8-9-33(22)25;1-15-8-11-24(31-4)17(3)25(15)21-7-5-6-18(16(21)2)14-32-20-9-10-22-19(12-20)13-23-26(22)27(23)28(29)30;/h2-9,11,20,22-23H,10,12H2,1H3,(H,37,38);3-10,12,21,23-24H,11,13H2,1-2H3,(H,34,35);5-12,23,26-27H,13-14H2,1-4H3,(H,29,30);1H4/t20-,22+,23+;21-,23+,24+;23-,26+,27+;/m111./s1. The lowest BCUT2D eigenvalue weighted by Gasteiger charge is -2.18. The molecule has 564 valence electrons. The van der Waals surface area contributed by atoms with Crippen molar-refractivity contribution in [1.82, 2.24) is 18.8 Å². The van der Waals surface area contributed by atoms with E-state index in [0.717, 1.165) is 79.9 Å². The molecule has 0 unspecified atom stereocenters. The van der Waals surface area contributed by atoms with E-state index in [4.69, 9.17) is 23.7 Å². The van der Waals surface area contributed by atoms with Crippen LogP contribution >= 0.6 is 0 Å². The molecule has 0 amide bonds. The van der Waals surface area contributed by atoms with Gasteiger partial charge < -0.3 is 39.0 Å². The van der Waals surface area contributed by atoms with E-state index in [1.165, 1.54) is 63.2 Å². The van der Waals surface area contributed by atoms with Crippen molar-refractivity contribution < 1.29 is 92.9 Å². The normalized spacial score (nSPS) is 20.0. The highest BCUT2D eigenvalue weighted by molar-refractivity contribution is 5.81. The van der Waals surface area contributed by atoms with E-state index in [-0.39, 0.29) is 96.5 Å². The highest BCUT2D eigenvalue weighted by atomic mass is 19.4. The molecule has 0 spiro atoms. The zero-order valence-electron chi connectivity index (χ0n) is 59.2. The minimum Gasteiger partial charge on any atom is -0.497 e. The van der Waals surface area contributed by atoms with Crippen molar-refractivity contribution in [3.63, 3.8) is 0 Å². The van der Waals surface area contributed by atoms with Crippen molar-refractivity contribution in [3.8, 4) is 62.4 Å². The number of hydrogen-bond donors (Lipinski definition) is 3. The second-order valence-corrected chi connectivity index (χ2v) is 28.6. The molecular formula is C85H75F9N4O11. The first kappa shape index (κ1) is 74.6. The van der Waals surface area contributed by atoms with Gasteiger partial charge in [0.15, 0.2) is 11.4 Å². The van der Waals surface area contributed by atoms with Gasteiger partial charge in [-0.05, 0) is 221 Å². The van der Waals surface area contributed by atoms with Crippen LogP contribution in [-0.2, 0) is 72.0 Å². The number of aryl methyl sites for hydroxylation is 1. The Morgan fingerprint density at radius 2 is 0.826 bits per heavy atom. The topological polar surface area (TPSA) is 193 Å². The number of fused-ring (bicyclic) bond motifs is 11. The van der Waals surface area contributed by atoms with Crippen molar-refractivity contribution >= 4 is 29.2 Å². The molecule has 4 heterocycles. The fourth-order valence-corrected chi connectivity index (χ4v) is 17.0. The van der Waals surface area contributed by atoms with Crippen molar-refractivity contribution in [1.29, 1.82) is 0 Å². The van der Waals surface area contributed by atoms with Crippen LogP contribution in [0.25, 0.3) is 44.9 Å². The molecule has 11 aromatic rings. The van der Waals surface area contributed by atoms with Gasteiger partial charge in [0.1, 0.15) is 59.9 Å². The lowest BCUT2D eigenvalue weighted by atomic mass is 9.90. The van der Waals surface area contributed by atoms with Crippen LogP contribution in [0, 0.1) is 70.1 Å². The number of halogens is 9. The zero-order chi connectivity index (χ0) is 76.5. The zero-order valence-corrected chi connectivity index (χ0v) is 59.2. The molecule has 0 radical (unpaired) electrons. The van der Waals surface area contributed by atoms with E-state index in [0.29, 0.717) is 58.6 Å². The van der Waals surface area contributed by atoms with Gasteiger partial charge in [0.05, 0.1) is 48.9 Å². The summed E-state index contributed by atoms with van der Waals surface area (Å²) >= 11 is 0. The van der Waals surface area contributed by atoms with Gasteiger partial charge in [0, 0.05) is 47.3 Å². The van der Waals surface area contributed by atoms with Crippen LogP contribution in [0.5, 0.6) is 28.7 Å². The first-order valence-corrected chi connectivity index (χ1v) is 35.1. The average molecular weight is 1500 g/mol. The first-order valence-electron chi connectivity index (χ1n) is 35.1. The van der Waals surface area contributed by atoms with Gasteiger partial charge in [-0.2, -0.15) is 39.5 Å². The summed E-state index contributed by atoms with van der Waals surface area (Å²) in [6.45, 7) is 10.5. The Morgan fingerprint density at radius 3 is 1.20 bits per heavy atom. The molecule has 17 rings (SSSR count). The second-order valence-electron chi connectivity index (χ2n) is 28.6. The van der Waals surface area contributed by atoms with E-state index in [2.05, 4.69) is 67.1 Å². The Morgan fingerprint density at radius 1 is 0.440 bits per heavy atom. The molecule has 0 saturated heterocycles. The van der Waals surface area contributed by atoms with Gasteiger partial charge in [-0.15, -0.1) is 0 Å². The SMILES string of the molecule is C.COc1ccc(C)c(-c2cccc(COc3ccc4c(c3)C[C@H]3[C@H](C(=O)O)[C@@H]43)c2C)c1C.COc1ccn2c(-c3cccc(COc4ccc5c(c4)C[C@H]4[C@H](C(=O)O)[C@@H]54)c3C)c(C(F)(F)F)nc2c1.Cc1c(COc2ccc3c(c2)C[C@H]2[C@H](C(=O)O)[C@@H]32)cccc1-c1c(C(F)(F)F)nc2cc(C(F)(F)F)ccn12. The summed E-state index contributed by atoms with van der Waals surface area (Å²) in [7, 11) is 3.16. The molecule has 4 aromatic heterocycles. The summed E-state index contributed by atoms with van der Waals surface area (Å²) in [5, 5.41) is 27.9. The molecule has 15 nitrogen and oxygen atoms in total. The lowest BCUT2D eigenvalue weighted by Crippen LogP contribution is -2.09. The predicted molar refractivity (Wildman–Crippen MR) is 387 cm³/mol. The molecular weight excluding hydrogens is 1420 g/mol. The van der Waals surface area contributed by atoms with E-state index < -0.39 is 59.0 Å². The number of carbonyl (C=O) groups is 3. The number of methoxy groups -OCH3 is 2. The molecule has 3 N–H and O–H groups in total. The number of nitrogens with zero attached hydrogens (tertiary/aromatic N) is 4. The van der Waals surface area contributed by atoms with Crippen LogP contribution < -0.4 is 23.7 Å². The van der Waals surface area contributed by atoms with E-state index in [9.17, 15) is 69.2 Å². The first-order chi connectivity index (χ1) is 51.4. The molecule has 7 aromatic carbocycles. The van der Waals surface area contributed by atoms with Crippen molar-refractivity contribution in [3.05, 3.63) is 253 Å². The molecule has 3 fully saturated rings. The Hall–Kier alpha value is -11.3. The summed E-state index contributed by atoms with van der Waals surface area (Å²) in [6, 6.07) is 42.1. The number of aliphatic carboxylic acids is 3. The number of ether oxygens (including phenoxy) is 5. The van der Waals surface area contributed by atoms with Crippen LogP contribution in [0.3, 0.4) is 0 Å². The van der Waals surface area contributed by atoms with Crippen molar-refractivity contribution in [2.75, 3.05) is 14.2 Å². The third-order valence-corrected chi connectivity index (χ3v) is 22.6. The van der Waals surface area contributed by atoms with E-state index in [1.54, 1.807) is 57.4 Å². The molecule has 3 saturated carbocycles. The van der Waals surface area contributed by atoms with Crippen LogP contribution in [0.15, 0.2) is 158 Å². The number of pyridine rings is 2. The minimum absolute atomic E-state index is 0. The number of hydrogen-bond acceptors (Lipinski definition) is 10. The number of rotatable bonds is 17. The Labute approximate surface area is 620 Å². The number of carboxylic acid groups (broad SMARTS) is 3. The molecule has 0 aliphatic heterocycles. The summed E-state index contributed by atoms with van der Waals surface area (Å²) in [6.07, 6.45) is -9.57. The molecule has 0 bridgehead atoms. The number of imidazole rings is 2. The third kappa shape index (κ3) is 13.7. The Bertz CT molecular complexity index is 5490. The van der Waals surface area contributed by atoms with Crippen molar-refractivity contribution in [2.45, 2.75) is 117 Å². The van der Waals surface area contributed by atoms with Crippen molar-refractivity contribution in [2.24, 2.45) is 35.5 Å². The number of benzene rings is 7. The maximum Gasteiger partial charge on any atom is 0.435 e. The Balaban J connectivity index is 0.000000137. The van der Waals surface area contributed by atoms with Gasteiger partial charge >= 0.3 is 36.4 Å². The molecule has 24 heteroatoms. The summed E-state index contributed by atoms with van der Waals surface area (Å²) in [5.41, 5.74) is 12.8. The Kier molecular flexibility index (Phi) is 19.2. The molecule has 6 aliphatic carbocycles. The van der Waals surface area contributed by atoms with Gasteiger partial charge in [0.2, 0.25) is 0 Å². The highest BCUT2D eigenvalue weighted by Crippen LogP contribution is 2.64. The summed E-state index contributed by atoms with van der Waals surface area (Å²) in [4.78, 5) is 41.4. The van der Waals surface area contributed by atoms with Gasteiger partial charge in [-0.1, -0.05) is 86.3 Å². The van der Waals surface area contributed by atoms with Crippen LogP contribution in [0.2, 0.25) is 0 Å². The largest absolute Gasteiger partial charge is 0.497 e. The van der Waals surface area contributed by atoms with Gasteiger partial charge in [-0.25, -0.2) is 9.97 Å². The fraction of sp³-hybridized carbons (Fsp3) is 0.306. The predicted octanol–water partition coefficient (Wildman–Crippen LogP) is 19.3. The molecule has 109 heavy (non-hydrogen) atoms. The molecule has 6 aliphatic rings. The summed E-state index contributed by atoms with van der Waals surface area (Å²) in [5.74, 6) is 1.21. The smallest absolute Gasteiger partial charge is 0.435 e. The number of aromatic nitrogens is 4. The number of carboxylic acids is 3. The van der Waals surface area contributed by atoms with Crippen LogP contribution in [-0.4, -0.2) is 66.2 Å². The highest BCUT2D eigenvalue weighted by Gasteiger charge is 2.62. The lowest BCUT2D eigenvalue weighted by molar-refractivity contribution is -0.141. The quantitative estimate of drug-likeness (QED) is 0.0730. The van der Waals surface area contributed by atoms with E-state index in [1.807, 2.05) is 48.5 Å². The fourth-order valence-electron chi connectivity index (χ4n) is 17.0. The van der Waals surface area contributed by atoms with Gasteiger partial charge in [0.25, 0.3) is 0 Å². The van der Waals surface area contributed by atoms with Crippen LogP contribution in [0.4, 0.5) is 39.5 Å². The average Bonchev–Trinajstić information content (AvgIpc) is 1.58. The molecule has 9 atom stereocenters. The van der Waals surface area contributed by atoms with Gasteiger partial charge in [-0.3, -0.25) is 23.2 Å². The second kappa shape index (κ2) is 28.0. The third-order valence-electron chi connectivity index (χ3n) is 22.6. The number of alkyl halides is 9. The maximum atomic E-state index is 14.0. The van der Waals surface area contributed by atoms with Crippen LogP contribution in [0.1, 0.15) is 120 Å². The summed E-state index contributed by atoms with van der Waals surface area (Å²) < 4.78 is 155.